The molecule has 0 aromatic heterocycles. The minimum Gasteiger partial charge on any atom is -0.365 e. The lowest BCUT2D eigenvalue weighted by Gasteiger charge is -2.10. The second-order valence-corrected chi connectivity index (χ2v) is 3.84. The second-order valence-electron chi connectivity index (χ2n) is 3.84. The van der Waals surface area contributed by atoms with E-state index in [1.807, 2.05) is 31.2 Å². The molecule has 0 spiro atoms. The van der Waals surface area contributed by atoms with Gasteiger partial charge in [0.1, 0.15) is 5.82 Å². The molecule has 2 rings (SSSR count). The van der Waals surface area contributed by atoms with Crippen molar-refractivity contribution in [2.24, 2.45) is 5.73 Å². The first-order valence-electron chi connectivity index (χ1n) is 5.25. The van der Waals surface area contributed by atoms with Crippen LogP contribution < -0.4 is 5.73 Å². The van der Waals surface area contributed by atoms with Crippen molar-refractivity contribution < 1.29 is 9.18 Å². The normalized spacial score (nSPS) is 10.2. The van der Waals surface area contributed by atoms with Crippen LogP contribution in [0, 0.1) is 12.7 Å². The number of carbonyl (C=O) groups excluding carboxylic acids is 1. The summed E-state index contributed by atoms with van der Waals surface area (Å²) in [6.07, 6.45) is 0. The third-order valence-corrected chi connectivity index (χ3v) is 2.70. The summed E-state index contributed by atoms with van der Waals surface area (Å²) in [5.74, 6) is -1.33. The number of benzene rings is 2. The average Bonchev–Trinajstić information content (AvgIpc) is 2.28. The summed E-state index contributed by atoms with van der Waals surface area (Å²) in [6.45, 7) is 1.91. The van der Waals surface area contributed by atoms with Gasteiger partial charge in [0.15, 0.2) is 0 Å². The van der Waals surface area contributed by atoms with Crippen LogP contribution in [0.2, 0.25) is 0 Å². The lowest BCUT2D eigenvalue weighted by atomic mass is 9.95. The van der Waals surface area contributed by atoms with Gasteiger partial charge in [0.25, 0.3) is 5.91 Å². The van der Waals surface area contributed by atoms with Gasteiger partial charge >= 0.3 is 0 Å². The summed E-state index contributed by atoms with van der Waals surface area (Å²) in [5, 5.41) is 0. The first-order chi connectivity index (χ1) is 8.11. The molecule has 2 N–H and O–H groups in total. The number of hydrogen-bond donors (Lipinski definition) is 1. The third-order valence-electron chi connectivity index (χ3n) is 2.70. The number of rotatable bonds is 2. The molecule has 0 saturated heterocycles. The van der Waals surface area contributed by atoms with Gasteiger partial charge in [-0.05, 0) is 29.7 Å². The van der Waals surface area contributed by atoms with E-state index in [-0.39, 0.29) is 5.56 Å². The van der Waals surface area contributed by atoms with Crippen LogP contribution in [0.15, 0.2) is 42.5 Å². The highest BCUT2D eigenvalue weighted by Gasteiger charge is 2.15. The Kier molecular flexibility index (Phi) is 2.91. The van der Waals surface area contributed by atoms with E-state index in [2.05, 4.69) is 0 Å². The SMILES string of the molecule is Cc1ccccc1-c1cccc(F)c1C(N)=O. The molecule has 0 saturated carbocycles. The molecule has 0 radical (unpaired) electrons. The van der Waals surface area contributed by atoms with Crippen LogP contribution in [-0.2, 0) is 0 Å². The van der Waals surface area contributed by atoms with Crippen LogP contribution in [0.25, 0.3) is 11.1 Å². The Hall–Kier alpha value is -2.16. The number of carbonyl (C=O) groups is 1. The summed E-state index contributed by atoms with van der Waals surface area (Å²) in [6, 6.07) is 12.0. The first-order valence-corrected chi connectivity index (χ1v) is 5.25. The predicted molar refractivity (Wildman–Crippen MR) is 65.1 cm³/mol. The van der Waals surface area contributed by atoms with Crippen molar-refractivity contribution in [2.75, 3.05) is 0 Å². The molecule has 0 bridgehead atoms. The van der Waals surface area contributed by atoms with E-state index < -0.39 is 11.7 Å². The smallest absolute Gasteiger partial charge is 0.252 e. The van der Waals surface area contributed by atoms with Gasteiger partial charge in [0.05, 0.1) is 5.56 Å². The number of hydrogen-bond acceptors (Lipinski definition) is 1. The molecule has 86 valence electrons. The monoisotopic (exact) mass is 229 g/mol. The molecule has 2 nitrogen and oxygen atoms in total. The van der Waals surface area contributed by atoms with Gasteiger partial charge in [0, 0.05) is 0 Å². The molecule has 0 aliphatic heterocycles. The van der Waals surface area contributed by atoms with Crippen LogP contribution >= 0.6 is 0 Å². The fourth-order valence-electron chi connectivity index (χ4n) is 1.87. The van der Waals surface area contributed by atoms with E-state index in [4.69, 9.17) is 5.73 Å². The van der Waals surface area contributed by atoms with E-state index in [0.29, 0.717) is 5.56 Å². The molecule has 1 amide bonds. The maximum absolute atomic E-state index is 13.6. The highest BCUT2D eigenvalue weighted by molar-refractivity contribution is 6.00. The molecule has 2 aromatic rings. The van der Waals surface area contributed by atoms with Crippen molar-refractivity contribution in [1.29, 1.82) is 0 Å². The van der Waals surface area contributed by atoms with Crippen molar-refractivity contribution >= 4 is 5.91 Å². The lowest BCUT2D eigenvalue weighted by molar-refractivity contribution is 0.0997. The number of nitrogens with two attached hydrogens (primary N) is 1. The van der Waals surface area contributed by atoms with Crippen molar-refractivity contribution in [2.45, 2.75) is 6.92 Å². The molecule has 0 unspecified atom stereocenters. The van der Waals surface area contributed by atoms with Gasteiger partial charge in [0.2, 0.25) is 0 Å². The van der Waals surface area contributed by atoms with E-state index in [1.54, 1.807) is 12.1 Å². The molecule has 0 fully saturated rings. The fraction of sp³-hybridized carbons (Fsp3) is 0.0714. The van der Waals surface area contributed by atoms with Crippen molar-refractivity contribution in [3.05, 3.63) is 59.4 Å². The summed E-state index contributed by atoms with van der Waals surface area (Å²) < 4.78 is 13.6. The van der Waals surface area contributed by atoms with Crippen LogP contribution in [-0.4, -0.2) is 5.91 Å². The molecular weight excluding hydrogens is 217 g/mol. The Morgan fingerprint density at radius 2 is 1.71 bits per heavy atom. The Bertz CT molecular complexity index is 578. The molecular formula is C14H12FNO. The maximum Gasteiger partial charge on any atom is 0.252 e. The molecule has 0 heterocycles. The van der Waals surface area contributed by atoms with E-state index in [9.17, 15) is 9.18 Å². The number of halogens is 1. The quantitative estimate of drug-likeness (QED) is 0.845. The van der Waals surface area contributed by atoms with Crippen LogP contribution in [0.1, 0.15) is 15.9 Å². The van der Waals surface area contributed by atoms with Crippen molar-refractivity contribution in [1.82, 2.24) is 0 Å². The molecule has 0 aliphatic rings. The predicted octanol–water partition coefficient (Wildman–Crippen LogP) is 2.90. The topological polar surface area (TPSA) is 43.1 Å². The largest absolute Gasteiger partial charge is 0.365 e. The standard InChI is InChI=1S/C14H12FNO/c1-9-5-2-3-6-10(9)11-7-4-8-12(15)13(11)14(16)17/h2-8H,1H3,(H2,16,17). The van der Waals surface area contributed by atoms with Crippen molar-refractivity contribution in [3.8, 4) is 11.1 Å². The van der Waals surface area contributed by atoms with E-state index in [0.717, 1.165) is 11.1 Å². The Morgan fingerprint density at radius 3 is 2.35 bits per heavy atom. The van der Waals surface area contributed by atoms with E-state index >= 15 is 0 Å². The van der Waals surface area contributed by atoms with Gasteiger partial charge in [-0.25, -0.2) is 4.39 Å². The first kappa shape index (κ1) is 11.3. The third kappa shape index (κ3) is 2.04. The summed E-state index contributed by atoms with van der Waals surface area (Å²) in [7, 11) is 0. The second kappa shape index (κ2) is 4.37. The van der Waals surface area contributed by atoms with Crippen molar-refractivity contribution in [3.63, 3.8) is 0 Å². The highest BCUT2D eigenvalue weighted by Crippen LogP contribution is 2.27. The minimum absolute atomic E-state index is 0.0539. The fourth-order valence-corrected chi connectivity index (χ4v) is 1.87. The zero-order chi connectivity index (χ0) is 12.4. The Labute approximate surface area is 98.9 Å². The molecule has 0 atom stereocenters. The Balaban J connectivity index is 2.72. The van der Waals surface area contributed by atoms with E-state index in [1.165, 1.54) is 6.07 Å². The highest BCUT2D eigenvalue weighted by atomic mass is 19.1. The molecule has 0 aliphatic carbocycles. The molecule has 3 heteroatoms. The minimum atomic E-state index is -0.749. The number of aryl methyl sites for hydroxylation is 1. The van der Waals surface area contributed by atoms with Gasteiger partial charge in [-0.15, -0.1) is 0 Å². The van der Waals surface area contributed by atoms with Gasteiger partial charge in [-0.3, -0.25) is 4.79 Å². The van der Waals surface area contributed by atoms with Gasteiger partial charge in [-0.2, -0.15) is 0 Å². The lowest BCUT2D eigenvalue weighted by Crippen LogP contribution is -2.14. The van der Waals surface area contributed by atoms with Gasteiger partial charge < -0.3 is 5.73 Å². The van der Waals surface area contributed by atoms with Crippen LogP contribution in [0.3, 0.4) is 0 Å². The zero-order valence-corrected chi connectivity index (χ0v) is 9.41. The number of amides is 1. The Morgan fingerprint density at radius 1 is 1.06 bits per heavy atom. The summed E-state index contributed by atoms with van der Waals surface area (Å²) in [5.41, 5.74) is 7.50. The summed E-state index contributed by atoms with van der Waals surface area (Å²) in [4.78, 5) is 11.3. The molecule has 2 aromatic carbocycles. The van der Waals surface area contributed by atoms with Crippen LogP contribution in [0.5, 0.6) is 0 Å². The van der Waals surface area contributed by atoms with Crippen LogP contribution in [0.4, 0.5) is 4.39 Å². The average molecular weight is 229 g/mol. The maximum atomic E-state index is 13.6. The summed E-state index contributed by atoms with van der Waals surface area (Å²) >= 11 is 0. The molecule has 17 heavy (non-hydrogen) atoms. The van der Waals surface area contributed by atoms with Gasteiger partial charge in [-0.1, -0.05) is 36.4 Å². The zero-order valence-electron chi connectivity index (χ0n) is 9.41. The number of primary amides is 1.